The second-order valence-corrected chi connectivity index (χ2v) is 5.37. The predicted octanol–water partition coefficient (Wildman–Crippen LogP) is 3.70. The summed E-state index contributed by atoms with van der Waals surface area (Å²) < 4.78 is 0. The van der Waals surface area contributed by atoms with Crippen molar-refractivity contribution in [2.24, 2.45) is 5.92 Å². The fourth-order valence-corrected chi connectivity index (χ4v) is 3.08. The number of aryl methyl sites for hydroxylation is 1. The lowest BCUT2D eigenvalue weighted by molar-refractivity contribution is 0.349. The highest BCUT2D eigenvalue weighted by Gasteiger charge is 2.21. The summed E-state index contributed by atoms with van der Waals surface area (Å²) in [4.78, 5) is 4.56. The largest absolute Gasteiger partial charge is 0.359 e. The fraction of sp³-hybridized carbons (Fsp3) is 0.750. The van der Waals surface area contributed by atoms with Gasteiger partial charge in [-0.05, 0) is 25.2 Å². The van der Waals surface area contributed by atoms with Crippen LogP contribution in [-0.4, -0.2) is 11.0 Å². The maximum atomic E-state index is 4.56. The predicted molar refractivity (Wildman–Crippen MR) is 66.5 cm³/mol. The number of hydrogen-bond acceptors (Lipinski definition) is 3. The molecule has 3 heteroatoms. The van der Waals surface area contributed by atoms with Crippen molar-refractivity contribution >= 4 is 16.5 Å². The Morgan fingerprint density at radius 2 is 2.27 bits per heavy atom. The summed E-state index contributed by atoms with van der Waals surface area (Å²) in [5.74, 6) is 0.799. The Labute approximate surface area is 96.1 Å². The molecule has 1 heterocycles. The molecular formula is C12H20N2S. The quantitative estimate of drug-likeness (QED) is 0.847. The highest BCUT2D eigenvalue weighted by atomic mass is 32.1. The van der Waals surface area contributed by atoms with Gasteiger partial charge in [-0.2, -0.15) is 0 Å². The zero-order valence-electron chi connectivity index (χ0n) is 9.62. The maximum Gasteiger partial charge on any atom is 0.183 e. The summed E-state index contributed by atoms with van der Waals surface area (Å²) in [6.45, 7) is 4.51. The molecule has 0 amide bonds. The minimum absolute atomic E-state index is 0.648. The summed E-state index contributed by atoms with van der Waals surface area (Å²) in [6.07, 6.45) is 6.48. The Balaban J connectivity index is 1.95. The fourth-order valence-electron chi connectivity index (χ4n) is 2.22. The monoisotopic (exact) mass is 224 g/mol. The van der Waals surface area contributed by atoms with E-state index in [4.69, 9.17) is 0 Å². The van der Waals surface area contributed by atoms with E-state index in [0.29, 0.717) is 6.04 Å². The second kappa shape index (κ2) is 4.97. The van der Waals surface area contributed by atoms with Crippen LogP contribution in [0.3, 0.4) is 0 Å². The second-order valence-electron chi connectivity index (χ2n) is 4.51. The van der Waals surface area contributed by atoms with E-state index in [1.165, 1.54) is 31.4 Å². The van der Waals surface area contributed by atoms with Gasteiger partial charge in [-0.3, -0.25) is 0 Å². The van der Waals surface area contributed by atoms with Crippen LogP contribution in [0.5, 0.6) is 0 Å². The average molecular weight is 224 g/mol. The van der Waals surface area contributed by atoms with Crippen molar-refractivity contribution in [2.75, 3.05) is 5.32 Å². The molecular weight excluding hydrogens is 204 g/mol. The van der Waals surface area contributed by atoms with Crippen molar-refractivity contribution in [1.82, 2.24) is 4.98 Å². The molecule has 2 atom stereocenters. The zero-order chi connectivity index (χ0) is 10.7. The summed E-state index contributed by atoms with van der Waals surface area (Å²) in [7, 11) is 0. The van der Waals surface area contributed by atoms with Gasteiger partial charge >= 0.3 is 0 Å². The Bertz CT molecular complexity index is 308. The Hall–Kier alpha value is -0.570. The molecule has 0 spiro atoms. The van der Waals surface area contributed by atoms with E-state index in [0.717, 1.165) is 17.5 Å². The van der Waals surface area contributed by atoms with Crippen LogP contribution in [0, 0.1) is 5.92 Å². The molecule has 1 N–H and O–H groups in total. The van der Waals surface area contributed by atoms with Crippen LogP contribution in [0.25, 0.3) is 0 Å². The molecule has 15 heavy (non-hydrogen) atoms. The van der Waals surface area contributed by atoms with Crippen molar-refractivity contribution in [3.63, 3.8) is 0 Å². The number of nitrogens with zero attached hydrogens (tertiary/aromatic N) is 1. The third-order valence-corrected chi connectivity index (χ3v) is 4.16. The van der Waals surface area contributed by atoms with Crippen LogP contribution in [0.4, 0.5) is 5.13 Å². The normalized spacial score (nSPS) is 26.5. The SMILES string of the molecule is CCc1csc(NC2CCCCC2C)n1. The zero-order valence-corrected chi connectivity index (χ0v) is 10.4. The standard InChI is InChI=1S/C12H20N2S/c1-3-10-8-15-12(13-10)14-11-7-5-4-6-9(11)2/h8-9,11H,3-7H2,1-2H3,(H,13,14). The summed E-state index contributed by atoms with van der Waals surface area (Å²) in [5.41, 5.74) is 1.21. The molecule has 0 aliphatic heterocycles. The molecule has 1 aliphatic carbocycles. The van der Waals surface area contributed by atoms with Gasteiger partial charge in [0, 0.05) is 11.4 Å². The lowest BCUT2D eigenvalue weighted by Gasteiger charge is -2.29. The van der Waals surface area contributed by atoms with Gasteiger partial charge in [-0.15, -0.1) is 11.3 Å². The first-order valence-corrected chi connectivity index (χ1v) is 6.88. The molecule has 0 bridgehead atoms. The van der Waals surface area contributed by atoms with Crippen molar-refractivity contribution in [3.8, 4) is 0 Å². The molecule has 84 valence electrons. The first kappa shape index (κ1) is 10.9. The van der Waals surface area contributed by atoms with Crippen molar-refractivity contribution in [1.29, 1.82) is 0 Å². The van der Waals surface area contributed by atoms with Crippen LogP contribution in [0.2, 0.25) is 0 Å². The molecule has 2 rings (SSSR count). The van der Waals surface area contributed by atoms with Crippen molar-refractivity contribution in [3.05, 3.63) is 11.1 Å². The van der Waals surface area contributed by atoms with Crippen molar-refractivity contribution < 1.29 is 0 Å². The summed E-state index contributed by atoms with van der Waals surface area (Å²) in [6, 6.07) is 0.648. The van der Waals surface area contributed by atoms with E-state index in [2.05, 4.69) is 29.5 Å². The first-order valence-electron chi connectivity index (χ1n) is 6.00. The first-order chi connectivity index (χ1) is 7.29. The molecule has 0 aromatic carbocycles. The average Bonchev–Trinajstić information content (AvgIpc) is 2.69. The van der Waals surface area contributed by atoms with Gasteiger partial charge in [0.25, 0.3) is 0 Å². The van der Waals surface area contributed by atoms with E-state index in [1.807, 2.05) is 0 Å². The van der Waals surface area contributed by atoms with E-state index >= 15 is 0 Å². The van der Waals surface area contributed by atoms with Gasteiger partial charge in [-0.25, -0.2) is 4.98 Å². The van der Waals surface area contributed by atoms with Gasteiger partial charge in [0.2, 0.25) is 0 Å². The van der Waals surface area contributed by atoms with Gasteiger partial charge in [0.1, 0.15) is 0 Å². The van der Waals surface area contributed by atoms with E-state index < -0.39 is 0 Å². The van der Waals surface area contributed by atoms with Crippen LogP contribution in [0.15, 0.2) is 5.38 Å². The number of hydrogen-bond donors (Lipinski definition) is 1. The van der Waals surface area contributed by atoms with Gasteiger partial charge < -0.3 is 5.32 Å². The number of rotatable bonds is 3. The van der Waals surface area contributed by atoms with E-state index in [9.17, 15) is 0 Å². The minimum Gasteiger partial charge on any atom is -0.359 e. The number of nitrogens with one attached hydrogen (secondary N) is 1. The summed E-state index contributed by atoms with van der Waals surface area (Å²) in [5, 5.41) is 6.87. The topological polar surface area (TPSA) is 24.9 Å². The van der Waals surface area contributed by atoms with Crippen molar-refractivity contribution in [2.45, 2.75) is 52.0 Å². The molecule has 1 aliphatic rings. The van der Waals surface area contributed by atoms with Crippen LogP contribution < -0.4 is 5.32 Å². The van der Waals surface area contributed by atoms with Gasteiger partial charge in [0.15, 0.2) is 5.13 Å². The van der Waals surface area contributed by atoms with Gasteiger partial charge in [0.05, 0.1) is 5.69 Å². The van der Waals surface area contributed by atoms with Crippen LogP contribution in [0.1, 0.15) is 45.2 Å². The van der Waals surface area contributed by atoms with Crippen LogP contribution >= 0.6 is 11.3 Å². The molecule has 2 unspecified atom stereocenters. The number of thiazole rings is 1. The van der Waals surface area contributed by atoms with E-state index in [1.54, 1.807) is 11.3 Å². The smallest absolute Gasteiger partial charge is 0.183 e. The molecule has 1 aromatic rings. The molecule has 0 radical (unpaired) electrons. The highest BCUT2D eigenvalue weighted by molar-refractivity contribution is 7.13. The minimum atomic E-state index is 0.648. The summed E-state index contributed by atoms with van der Waals surface area (Å²) >= 11 is 1.75. The third-order valence-electron chi connectivity index (χ3n) is 3.33. The maximum absolute atomic E-state index is 4.56. The molecule has 0 saturated heterocycles. The van der Waals surface area contributed by atoms with Gasteiger partial charge in [-0.1, -0.05) is 26.7 Å². The third kappa shape index (κ3) is 2.71. The molecule has 2 nitrogen and oxygen atoms in total. The molecule has 1 aromatic heterocycles. The number of aromatic nitrogens is 1. The Morgan fingerprint density at radius 1 is 1.47 bits per heavy atom. The van der Waals surface area contributed by atoms with Crippen LogP contribution in [-0.2, 0) is 6.42 Å². The lowest BCUT2D eigenvalue weighted by atomic mass is 9.86. The number of anilines is 1. The Kier molecular flexibility index (Phi) is 3.62. The highest BCUT2D eigenvalue weighted by Crippen LogP contribution is 2.27. The van der Waals surface area contributed by atoms with E-state index in [-0.39, 0.29) is 0 Å². The lowest BCUT2D eigenvalue weighted by Crippen LogP contribution is -2.30. The molecule has 1 fully saturated rings. The molecule has 1 saturated carbocycles. The Morgan fingerprint density at radius 3 is 2.93 bits per heavy atom.